The number of imidazole rings is 1. The van der Waals surface area contributed by atoms with Gasteiger partial charge in [0, 0.05) is 24.4 Å². The van der Waals surface area contributed by atoms with Crippen LogP contribution < -0.4 is 0 Å². The van der Waals surface area contributed by atoms with Crippen molar-refractivity contribution in [2.45, 2.75) is 258 Å². The van der Waals surface area contributed by atoms with Gasteiger partial charge < -0.3 is 4.57 Å². The molecule has 1 heterocycles. The Balaban J connectivity index is 2.19. The number of nitrogens with zero attached hydrogens (tertiary/aromatic N) is 2. The molecule has 1 aromatic heterocycles. The van der Waals surface area contributed by atoms with Crippen molar-refractivity contribution in [1.29, 1.82) is 0 Å². The highest BCUT2D eigenvalue weighted by Crippen LogP contribution is 2.30. The first kappa shape index (κ1) is 42.2. The molecular formula is C43H84N2. The fourth-order valence-corrected chi connectivity index (χ4v) is 7.42. The molecule has 1 aromatic rings. The molecule has 0 amide bonds. The summed E-state index contributed by atoms with van der Waals surface area (Å²) in [5.41, 5.74) is 0. The second-order valence-electron chi connectivity index (χ2n) is 15.0. The third kappa shape index (κ3) is 25.0. The molecule has 0 aliphatic carbocycles. The molecule has 2 nitrogen and oxygen atoms in total. The third-order valence-electron chi connectivity index (χ3n) is 10.6. The molecule has 0 bridgehead atoms. The van der Waals surface area contributed by atoms with Gasteiger partial charge in [0.05, 0.1) is 0 Å². The highest BCUT2D eigenvalue weighted by Gasteiger charge is 2.19. The Morgan fingerprint density at radius 1 is 0.422 bits per heavy atom. The van der Waals surface area contributed by atoms with Gasteiger partial charge in [-0.3, -0.25) is 0 Å². The predicted octanol–water partition coefficient (Wildman–Crippen LogP) is 15.9. The van der Waals surface area contributed by atoms with E-state index >= 15 is 0 Å². The summed E-state index contributed by atoms with van der Waals surface area (Å²) >= 11 is 0. The van der Waals surface area contributed by atoms with Crippen molar-refractivity contribution in [2.75, 3.05) is 0 Å². The van der Waals surface area contributed by atoms with Crippen molar-refractivity contribution in [3.05, 3.63) is 18.2 Å². The lowest BCUT2D eigenvalue weighted by atomic mass is 9.93. The van der Waals surface area contributed by atoms with Crippen molar-refractivity contribution >= 4 is 0 Å². The first-order chi connectivity index (χ1) is 22.2. The van der Waals surface area contributed by atoms with Crippen molar-refractivity contribution < 1.29 is 0 Å². The van der Waals surface area contributed by atoms with E-state index in [-0.39, 0.29) is 0 Å². The van der Waals surface area contributed by atoms with Gasteiger partial charge in [-0.2, -0.15) is 0 Å². The molecule has 0 aromatic carbocycles. The van der Waals surface area contributed by atoms with E-state index in [4.69, 9.17) is 4.98 Å². The molecule has 45 heavy (non-hydrogen) atoms. The molecule has 2 heteroatoms. The lowest BCUT2D eigenvalue weighted by molar-refractivity contribution is 0.414. The number of hydrogen-bond acceptors (Lipinski definition) is 1. The number of rotatable bonds is 36. The summed E-state index contributed by atoms with van der Waals surface area (Å²) in [4.78, 5) is 4.98. The molecule has 0 fully saturated rings. The van der Waals surface area contributed by atoms with Crippen molar-refractivity contribution in [3.8, 4) is 0 Å². The van der Waals surface area contributed by atoms with Crippen LogP contribution in [0, 0.1) is 0 Å². The van der Waals surface area contributed by atoms with Crippen LogP contribution in [0.1, 0.15) is 264 Å². The second-order valence-corrected chi connectivity index (χ2v) is 15.0. The molecule has 0 saturated carbocycles. The zero-order chi connectivity index (χ0) is 32.5. The molecule has 2 atom stereocenters. The summed E-state index contributed by atoms with van der Waals surface area (Å²) in [6, 6.07) is 0.588. The zero-order valence-electron chi connectivity index (χ0n) is 31.7. The molecule has 2 unspecified atom stereocenters. The van der Waals surface area contributed by atoms with E-state index in [0.29, 0.717) is 12.0 Å². The van der Waals surface area contributed by atoms with Crippen LogP contribution in [0.4, 0.5) is 0 Å². The molecule has 1 rings (SSSR count). The molecule has 0 radical (unpaired) electrons. The van der Waals surface area contributed by atoms with Gasteiger partial charge in [0.1, 0.15) is 5.82 Å². The van der Waals surface area contributed by atoms with Gasteiger partial charge >= 0.3 is 0 Å². The van der Waals surface area contributed by atoms with Gasteiger partial charge in [-0.15, -0.1) is 0 Å². The minimum Gasteiger partial charge on any atom is -0.332 e. The van der Waals surface area contributed by atoms with Gasteiger partial charge in [0.15, 0.2) is 0 Å². The average Bonchev–Trinajstić information content (AvgIpc) is 3.54. The van der Waals surface area contributed by atoms with Crippen molar-refractivity contribution in [2.24, 2.45) is 0 Å². The Morgan fingerprint density at radius 2 is 0.711 bits per heavy atom. The molecule has 0 spiro atoms. The topological polar surface area (TPSA) is 17.8 Å². The van der Waals surface area contributed by atoms with E-state index in [9.17, 15) is 0 Å². The van der Waals surface area contributed by atoms with Crippen LogP contribution >= 0.6 is 0 Å². The maximum Gasteiger partial charge on any atom is 0.111 e. The lowest BCUT2D eigenvalue weighted by Crippen LogP contribution is -2.13. The van der Waals surface area contributed by atoms with Crippen molar-refractivity contribution in [3.63, 3.8) is 0 Å². The van der Waals surface area contributed by atoms with Crippen LogP contribution in [0.15, 0.2) is 12.4 Å². The van der Waals surface area contributed by atoms with Crippen molar-refractivity contribution in [1.82, 2.24) is 9.55 Å². The number of hydrogen-bond donors (Lipinski definition) is 0. The van der Waals surface area contributed by atoms with Gasteiger partial charge in [0.25, 0.3) is 0 Å². The van der Waals surface area contributed by atoms with Gasteiger partial charge in [-0.1, -0.05) is 220 Å². The highest BCUT2D eigenvalue weighted by atomic mass is 15.1. The first-order valence-corrected chi connectivity index (χ1v) is 21.3. The smallest absolute Gasteiger partial charge is 0.111 e. The van der Waals surface area contributed by atoms with Crippen LogP contribution in [0.3, 0.4) is 0 Å². The summed E-state index contributed by atoms with van der Waals surface area (Å²) in [6.45, 7) is 9.40. The fraction of sp³-hybridized carbons (Fsp3) is 0.930. The Hall–Kier alpha value is -0.790. The summed E-state index contributed by atoms with van der Waals surface area (Å²) in [5, 5.41) is 0. The summed E-state index contributed by atoms with van der Waals surface area (Å²) in [6.07, 6.45) is 52.7. The Morgan fingerprint density at radius 3 is 1.09 bits per heavy atom. The van der Waals surface area contributed by atoms with Gasteiger partial charge in [-0.25, -0.2) is 4.98 Å². The molecular weight excluding hydrogens is 544 g/mol. The molecule has 266 valence electrons. The minimum absolute atomic E-state index is 0.588. The van der Waals surface area contributed by atoms with Crippen LogP contribution in [0.2, 0.25) is 0 Å². The highest BCUT2D eigenvalue weighted by molar-refractivity contribution is 5.02. The maximum atomic E-state index is 4.98. The monoisotopic (exact) mass is 629 g/mol. The van der Waals surface area contributed by atoms with Crippen LogP contribution in [0.25, 0.3) is 0 Å². The Kier molecular flexibility index (Phi) is 31.1. The fourth-order valence-electron chi connectivity index (χ4n) is 7.42. The second kappa shape index (κ2) is 33.1. The van der Waals surface area contributed by atoms with Crippen LogP contribution in [0.5, 0.6) is 0 Å². The SMILES string of the molecule is CCCCCCCCCCCCCCCCCC(C)n1ccnc1C(CCCCC)CCCCCCCCCCCCCCC. The minimum atomic E-state index is 0.588. The lowest BCUT2D eigenvalue weighted by Gasteiger charge is -2.22. The van der Waals surface area contributed by atoms with E-state index in [2.05, 4.69) is 44.7 Å². The third-order valence-corrected chi connectivity index (χ3v) is 10.6. The number of unbranched alkanes of at least 4 members (excludes halogenated alkanes) is 28. The molecule has 0 aliphatic heterocycles. The average molecular weight is 629 g/mol. The molecule has 0 saturated heterocycles. The zero-order valence-corrected chi connectivity index (χ0v) is 31.7. The van der Waals surface area contributed by atoms with E-state index in [0.717, 1.165) is 0 Å². The summed E-state index contributed by atoms with van der Waals surface area (Å²) < 4.78 is 2.57. The predicted molar refractivity (Wildman–Crippen MR) is 204 cm³/mol. The van der Waals surface area contributed by atoms with Gasteiger partial charge in [-0.05, 0) is 26.2 Å². The van der Waals surface area contributed by atoms with E-state index in [1.807, 2.05) is 0 Å². The summed E-state index contributed by atoms with van der Waals surface area (Å²) in [7, 11) is 0. The Bertz CT molecular complexity index is 694. The quantitative estimate of drug-likeness (QED) is 0.0676. The standard InChI is InChI=1S/C43H84N2/c1-5-8-11-13-15-17-19-21-22-24-25-27-29-31-34-36-41(4)45-40-39-44-43(45)42(37-33-10-7-3)38-35-32-30-28-26-23-20-18-16-14-12-9-6-2/h39-42H,5-38H2,1-4H3. The maximum absolute atomic E-state index is 4.98. The van der Waals surface area contributed by atoms with E-state index in [1.54, 1.807) is 0 Å². The van der Waals surface area contributed by atoms with Crippen LogP contribution in [-0.2, 0) is 0 Å². The first-order valence-electron chi connectivity index (χ1n) is 21.3. The molecule has 0 N–H and O–H groups in total. The van der Waals surface area contributed by atoms with E-state index in [1.165, 1.54) is 224 Å². The Labute approximate surface area is 285 Å². The summed E-state index contributed by atoms with van der Waals surface area (Å²) in [5.74, 6) is 2.06. The normalized spacial score (nSPS) is 13.1. The molecule has 0 aliphatic rings. The number of aromatic nitrogens is 2. The van der Waals surface area contributed by atoms with Crippen LogP contribution in [-0.4, -0.2) is 9.55 Å². The van der Waals surface area contributed by atoms with E-state index < -0.39 is 0 Å². The van der Waals surface area contributed by atoms with Gasteiger partial charge in [0.2, 0.25) is 0 Å². The largest absolute Gasteiger partial charge is 0.332 e.